The first-order chi connectivity index (χ1) is 13.6. The molecule has 0 heterocycles. The molecule has 186 valence electrons. The van der Waals surface area contributed by atoms with Crippen molar-refractivity contribution in [2.75, 3.05) is 0 Å². The SMILES string of the molecule is C=C[CH2][Sn+3].C=C[CH2][Sn+3].O=S(=O)([O-])S(=O)(=O)[O-].O=S(=O)([O-])S(=O)(=O)[O-].O=S(=O)([O-])S(=O)(=O)[O-]. The summed E-state index contributed by atoms with van der Waals surface area (Å²) in [5, 5.41) is 0. The van der Waals surface area contributed by atoms with Crippen LogP contribution in [0.25, 0.3) is 0 Å². The quantitative estimate of drug-likeness (QED) is 0.109. The molecule has 0 N–H and O–H groups in total. The number of allylic oxidation sites excluding steroid dienone is 2. The van der Waals surface area contributed by atoms with E-state index in [4.69, 9.17) is 0 Å². The van der Waals surface area contributed by atoms with Gasteiger partial charge in [-0.05, 0) is 0 Å². The van der Waals surface area contributed by atoms with Crippen LogP contribution in [0.2, 0.25) is 8.87 Å². The van der Waals surface area contributed by atoms with Gasteiger partial charge in [0.15, 0.2) is 54.9 Å². The molecule has 0 spiro atoms. The normalized spacial score (nSPS) is 11.9. The Balaban J connectivity index is -0.0000000980. The summed E-state index contributed by atoms with van der Waals surface area (Å²) in [6.07, 6.45) is 3.83. The molecule has 0 bridgehead atoms. The molecule has 32 heavy (non-hydrogen) atoms. The van der Waals surface area contributed by atoms with Gasteiger partial charge in [-0.15, -0.1) is 0 Å². The van der Waals surface area contributed by atoms with E-state index in [1.807, 2.05) is 12.2 Å². The molecule has 0 fully saturated rings. The van der Waals surface area contributed by atoms with Gasteiger partial charge in [0.2, 0.25) is 0 Å². The Morgan fingerprint density at radius 1 is 0.438 bits per heavy atom. The molecule has 0 aliphatic rings. The van der Waals surface area contributed by atoms with Crippen LogP contribution in [0.4, 0.5) is 0 Å². The second-order valence-corrected chi connectivity index (χ2v) is 18.0. The fraction of sp³-hybridized carbons (Fsp3) is 0.333. The maximum atomic E-state index is 9.20. The topological polar surface area (TPSA) is 343 Å². The summed E-state index contributed by atoms with van der Waals surface area (Å²) in [7, 11) is -34.0. The van der Waals surface area contributed by atoms with Gasteiger partial charge >= 0.3 is 79.2 Å². The van der Waals surface area contributed by atoms with Gasteiger partial charge in [0.1, 0.15) is 0 Å². The summed E-state index contributed by atoms with van der Waals surface area (Å²) < 4.78 is 168. The van der Waals surface area contributed by atoms with Crippen LogP contribution in [-0.2, 0) is 54.9 Å². The Labute approximate surface area is 210 Å². The van der Waals surface area contributed by atoms with Crippen LogP contribution in [0.15, 0.2) is 25.3 Å². The second kappa shape index (κ2) is 17.9. The van der Waals surface area contributed by atoms with Crippen LogP contribution in [0.1, 0.15) is 0 Å². The van der Waals surface area contributed by atoms with Gasteiger partial charge in [-0.2, -0.15) is 0 Å². The van der Waals surface area contributed by atoms with Crippen LogP contribution >= 0.6 is 0 Å². The zero-order valence-electron chi connectivity index (χ0n) is 14.8. The Kier molecular flexibility index (Phi) is 23.9. The van der Waals surface area contributed by atoms with E-state index in [9.17, 15) is 77.8 Å². The first-order valence-corrected chi connectivity index (χ1v) is 19.9. The van der Waals surface area contributed by atoms with Crippen molar-refractivity contribution >= 4 is 100.0 Å². The predicted octanol–water partition coefficient (Wildman–Crippen LogP) is -4.51. The Morgan fingerprint density at radius 2 is 0.500 bits per heavy atom. The van der Waals surface area contributed by atoms with Crippen molar-refractivity contribution in [2.45, 2.75) is 8.87 Å². The first-order valence-electron chi connectivity index (χ1n) is 5.84. The minimum Gasteiger partial charge on any atom is -0.736 e. The molecule has 0 aliphatic carbocycles. The molecule has 0 atom stereocenters. The predicted molar refractivity (Wildman–Crippen MR) is 99.7 cm³/mol. The van der Waals surface area contributed by atoms with Crippen LogP contribution < -0.4 is 0 Å². The fourth-order valence-corrected chi connectivity index (χ4v) is 0. The largest absolute Gasteiger partial charge is 0.736 e. The van der Waals surface area contributed by atoms with Crippen LogP contribution in [0.5, 0.6) is 0 Å². The van der Waals surface area contributed by atoms with Crippen molar-refractivity contribution in [2.24, 2.45) is 0 Å². The average molecular weight is 800 g/mol. The third-order valence-corrected chi connectivity index (χ3v) is 8.69. The van der Waals surface area contributed by atoms with Crippen molar-refractivity contribution in [1.29, 1.82) is 0 Å². The molecular formula is C6H10O18S6Sn2. The molecule has 0 aromatic carbocycles. The Hall–Kier alpha value is 0.537. The molecule has 18 nitrogen and oxygen atoms in total. The maximum absolute atomic E-state index is 9.20. The van der Waals surface area contributed by atoms with Gasteiger partial charge in [-0.25, -0.2) is 50.5 Å². The smallest absolute Gasteiger partial charge is 0.191 e. The monoisotopic (exact) mass is 802 g/mol. The van der Waals surface area contributed by atoms with E-state index >= 15 is 0 Å². The standard InChI is InChI=1S/2C3H5.3H2O6S2.2Sn/c2*1-3-2;3*1-7(2,3)8(4,5)6;;/h2*3H,1-2H2;3*(H,1,2,3)(H,4,5,6);;/q;;;;;2*+3/p-6. The molecule has 0 unspecified atom stereocenters. The second-order valence-electron chi connectivity index (χ2n) is 3.44. The molecule has 0 radical (unpaired) electrons. The molecule has 0 saturated carbocycles. The van der Waals surface area contributed by atoms with Gasteiger partial charge in [0.05, 0.1) is 0 Å². The zero-order valence-corrected chi connectivity index (χ0v) is 25.4. The Morgan fingerprint density at radius 3 is 0.500 bits per heavy atom. The molecule has 0 saturated heterocycles. The van der Waals surface area contributed by atoms with Crippen LogP contribution in [-0.4, -0.2) is 123 Å². The number of rotatable bonds is 5. The molecule has 0 rings (SSSR count). The van der Waals surface area contributed by atoms with E-state index in [0.29, 0.717) is 0 Å². The van der Waals surface area contributed by atoms with Crippen molar-refractivity contribution < 1.29 is 77.8 Å². The van der Waals surface area contributed by atoms with Gasteiger partial charge in [0.25, 0.3) is 0 Å². The molecule has 0 aliphatic heterocycles. The fourth-order valence-electron chi connectivity index (χ4n) is 0. The minimum atomic E-state index is -5.67. The summed E-state index contributed by atoms with van der Waals surface area (Å²) in [5.74, 6) is 0. The van der Waals surface area contributed by atoms with E-state index in [0.717, 1.165) is 0 Å². The molecule has 26 heteroatoms. The van der Waals surface area contributed by atoms with Gasteiger partial charge in [-0.3, -0.25) is 0 Å². The molecule has 0 aromatic rings. The maximum Gasteiger partial charge on any atom is 0.191 e. The summed E-state index contributed by atoms with van der Waals surface area (Å²) in [5.41, 5.74) is 0. The van der Waals surface area contributed by atoms with Crippen LogP contribution in [0.3, 0.4) is 0 Å². The van der Waals surface area contributed by atoms with Crippen molar-refractivity contribution in [3.8, 4) is 0 Å². The summed E-state index contributed by atoms with van der Waals surface area (Å²) in [6, 6.07) is 0. The van der Waals surface area contributed by atoms with Crippen molar-refractivity contribution in [3.05, 3.63) is 25.3 Å². The van der Waals surface area contributed by atoms with E-state index in [1.165, 1.54) is 8.87 Å². The summed E-state index contributed by atoms with van der Waals surface area (Å²) in [4.78, 5) is 0. The Bertz CT molecular complexity index is 948. The molecular weight excluding hydrogens is 790 g/mol. The third-order valence-electron chi connectivity index (χ3n) is 1.04. The minimum absolute atomic E-state index is 1.17. The first kappa shape index (κ1) is 42.7. The van der Waals surface area contributed by atoms with Gasteiger partial charge < -0.3 is 27.3 Å². The van der Waals surface area contributed by atoms with E-state index in [-0.39, 0.29) is 0 Å². The third kappa shape index (κ3) is 30.5. The van der Waals surface area contributed by atoms with E-state index < -0.39 is 54.9 Å². The van der Waals surface area contributed by atoms with Gasteiger partial charge in [0, 0.05) is 0 Å². The van der Waals surface area contributed by atoms with Crippen molar-refractivity contribution in [3.63, 3.8) is 0 Å². The molecule has 0 aromatic heterocycles. The number of hydrogen-bond acceptors (Lipinski definition) is 18. The zero-order chi connectivity index (χ0) is 27.8. The van der Waals surface area contributed by atoms with Crippen molar-refractivity contribution in [1.82, 2.24) is 0 Å². The molecule has 0 amide bonds. The van der Waals surface area contributed by atoms with Crippen LogP contribution in [0, 0.1) is 0 Å². The summed E-state index contributed by atoms with van der Waals surface area (Å²) >= 11 is 3.10. The summed E-state index contributed by atoms with van der Waals surface area (Å²) in [6.45, 7) is 7.00. The average Bonchev–Trinajstić information content (AvgIpc) is 2.51. The van der Waals surface area contributed by atoms with E-state index in [2.05, 4.69) is 13.2 Å². The number of hydrogen-bond donors (Lipinski definition) is 0. The van der Waals surface area contributed by atoms with Gasteiger partial charge in [-0.1, -0.05) is 0 Å². The van der Waals surface area contributed by atoms with E-state index in [1.54, 1.807) is 45.0 Å².